The number of carbonyl (C=O) groups excluding carboxylic acids is 1. The second kappa shape index (κ2) is 7.77. The van der Waals surface area contributed by atoms with Crippen LogP contribution >= 0.6 is 0 Å². The van der Waals surface area contributed by atoms with Gasteiger partial charge in [-0.15, -0.1) is 0 Å². The van der Waals surface area contributed by atoms with E-state index in [9.17, 15) is 4.79 Å². The number of likely N-dealkylation sites (tertiary alicyclic amines) is 1. The first-order chi connectivity index (χ1) is 10.8. The van der Waals surface area contributed by atoms with Crippen LogP contribution in [0.15, 0.2) is 24.3 Å². The lowest BCUT2D eigenvalue weighted by Crippen LogP contribution is -2.29. The number of nitrogens with zero attached hydrogens (tertiary/aromatic N) is 1. The molecular formula is C19H28N2O. The molecule has 1 aliphatic carbocycles. The summed E-state index contributed by atoms with van der Waals surface area (Å²) in [6, 6.07) is 8.43. The van der Waals surface area contributed by atoms with E-state index in [0.717, 1.165) is 25.1 Å². The van der Waals surface area contributed by atoms with E-state index in [-0.39, 0.29) is 11.8 Å². The van der Waals surface area contributed by atoms with E-state index in [1.54, 1.807) is 0 Å². The van der Waals surface area contributed by atoms with E-state index in [1.165, 1.54) is 57.2 Å². The molecule has 1 aromatic carbocycles. The van der Waals surface area contributed by atoms with E-state index in [4.69, 9.17) is 0 Å². The van der Waals surface area contributed by atoms with Gasteiger partial charge in [-0.05, 0) is 56.5 Å². The Bertz CT molecular complexity index is 471. The van der Waals surface area contributed by atoms with Crippen molar-refractivity contribution in [2.24, 2.45) is 5.92 Å². The Morgan fingerprint density at radius 1 is 0.955 bits per heavy atom. The molecule has 1 amide bonds. The number of amides is 1. The molecule has 0 spiro atoms. The average Bonchev–Trinajstić information content (AvgIpc) is 2.58. The molecule has 120 valence electrons. The number of hydrogen-bond donors (Lipinski definition) is 1. The molecule has 0 atom stereocenters. The van der Waals surface area contributed by atoms with Crippen LogP contribution in [-0.2, 0) is 11.3 Å². The van der Waals surface area contributed by atoms with Crippen molar-refractivity contribution < 1.29 is 4.79 Å². The van der Waals surface area contributed by atoms with Crippen LogP contribution in [0.5, 0.6) is 0 Å². The second-order valence-corrected chi connectivity index (χ2v) is 6.86. The first kappa shape index (κ1) is 15.5. The summed E-state index contributed by atoms with van der Waals surface area (Å²) in [4.78, 5) is 14.8. The number of benzene rings is 1. The molecule has 1 aliphatic heterocycles. The summed E-state index contributed by atoms with van der Waals surface area (Å²) in [5, 5.41) is 3.09. The van der Waals surface area contributed by atoms with Gasteiger partial charge in [-0.3, -0.25) is 9.69 Å². The number of carbonyl (C=O) groups is 1. The Kier molecular flexibility index (Phi) is 5.49. The lowest BCUT2D eigenvalue weighted by molar-refractivity contribution is -0.120. The molecular weight excluding hydrogens is 272 g/mol. The summed E-state index contributed by atoms with van der Waals surface area (Å²) in [5.41, 5.74) is 2.29. The lowest BCUT2D eigenvalue weighted by Gasteiger charge is -2.26. The number of hydrogen-bond acceptors (Lipinski definition) is 2. The molecule has 0 radical (unpaired) electrons. The average molecular weight is 300 g/mol. The molecule has 22 heavy (non-hydrogen) atoms. The molecule has 2 fully saturated rings. The minimum absolute atomic E-state index is 0.212. The molecule has 3 rings (SSSR count). The maximum absolute atomic E-state index is 12.2. The van der Waals surface area contributed by atoms with Crippen LogP contribution in [0, 0.1) is 5.92 Å². The van der Waals surface area contributed by atoms with Crippen LogP contribution in [0.2, 0.25) is 0 Å². The van der Waals surface area contributed by atoms with Crippen molar-refractivity contribution >= 4 is 11.6 Å². The highest BCUT2D eigenvalue weighted by Crippen LogP contribution is 2.25. The fraction of sp³-hybridized carbons (Fsp3) is 0.632. The monoisotopic (exact) mass is 300 g/mol. The number of anilines is 1. The summed E-state index contributed by atoms with van der Waals surface area (Å²) < 4.78 is 0. The van der Waals surface area contributed by atoms with E-state index in [0.29, 0.717) is 0 Å². The van der Waals surface area contributed by atoms with Crippen molar-refractivity contribution in [3.8, 4) is 0 Å². The smallest absolute Gasteiger partial charge is 0.227 e. The first-order valence-electron chi connectivity index (χ1n) is 8.93. The molecule has 1 N–H and O–H groups in total. The topological polar surface area (TPSA) is 32.3 Å². The van der Waals surface area contributed by atoms with Crippen LogP contribution in [0.4, 0.5) is 5.69 Å². The lowest BCUT2D eigenvalue weighted by atomic mass is 9.88. The predicted octanol–water partition coefficient (Wildman–Crippen LogP) is 4.19. The Morgan fingerprint density at radius 2 is 1.59 bits per heavy atom. The maximum atomic E-state index is 12.2. The summed E-state index contributed by atoms with van der Waals surface area (Å²) in [6.07, 6.45) is 9.83. The van der Waals surface area contributed by atoms with Crippen molar-refractivity contribution in [1.82, 2.24) is 4.90 Å². The van der Waals surface area contributed by atoms with Crippen molar-refractivity contribution in [2.75, 3.05) is 18.4 Å². The quantitative estimate of drug-likeness (QED) is 0.904. The maximum Gasteiger partial charge on any atom is 0.227 e. The summed E-state index contributed by atoms with van der Waals surface area (Å²) in [5.74, 6) is 0.435. The van der Waals surface area contributed by atoms with Gasteiger partial charge >= 0.3 is 0 Å². The predicted molar refractivity (Wildman–Crippen MR) is 90.8 cm³/mol. The molecule has 1 saturated carbocycles. The van der Waals surface area contributed by atoms with Gasteiger partial charge in [0, 0.05) is 18.2 Å². The van der Waals surface area contributed by atoms with E-state index in [1.807, 2.05) is 0 Å². The molecule has 3 heteroatoms. The fourth-order valence-corrected chi connectivity index (χ4v) is 3.68. The highest BCUT2D eigenvalue weighted by atomic mass is 16.1. The van der Waals surface area contributed by atoms with Crippen LogP contribution in [0.3, 0.4) is 0 Å². The van der Waals surface area contributed by atoms with Gasteiger partial charge in [0.05, 0.1) is 0 Å². The highest BCUT2D eigenvalue weighted by molar-refractivity contribution is 5.92. The first-order valence-corrected chi connectivity index (χ1v) is 8.93. The van der Waals surface area contributed by atoms with E-state index >= 15 is 0 Å². The fourth-order valence-electron chi connectivity index (χ4n) is 3.68. The molecule has 1 heterocycles. The molecule has 0 bridgehead atoms. The minimum Gasteiger partial charge on any atom is -0.326 e. The Morgan fingerprint density at radius 3 is 2.27 bits per heavy atom. The van der Waals surface area contributed by atoms with Gasteiger partial charge in [-0.25, -0.2) is 0 Å². The van der Waals surface area contributed by atoms with Crippen LogP contribution in [0.25, 0.3) is 0 Å². The van der Waals surface area contributed by atoms with Gasteiger partial charge in [0.25, 0.3) is 0 Å². The number of piperidine rings is 1. The number of rotatable bonds is 4. The Hall–Kier alpha value is -1.35. The Labute approximate surface area is 134 Å². The van der Waals surface area contributed by atoms with Gasteiger partial charge < -0.3 is 5.32 Å². The third-order valence-corrected chi connectivity index (χ3v) is 5.05. The second-order valence-electron chi connectivity index (χ2n) is 6.86. The summed E-state index contributed by atoms with van der Waals surface area (Å²) in [7, 11) is 0. The summed E-state index contributed by atoms with van der Waals surface area (Å²) >= 11 is 0. The number of nitrogens with one attached hydrogen (secondary N) is 1. The SMILES string of the molecule is O=C(Nc1ccc(CN2CCCCC2)cc1)C1CCCCC1. The van der Waals surface area contributed by atoms with Gasteiger partial charge in [-0.1, -0.05) is 37.8 Å². The van der Waals surface area contributed by atoms with E-state index in [2.05, 4.69) is 34.5 Å². The van der Waals surface area contributed by atoms with Gasteiger partial charge in [0.1, 0.15) is 0 Å². The van der Waals surface area contributed by atoms with Crippen molar-refractivity contribution in [2.45, 2.75) is 57.9 Å². The molecule has 1 saturated heterocycles. The zero-order valence-corrected chi connectivity index (χ0v) is 13.5. The zero-order chi connectivity index (χ0) is 15.2. The van der Waals surface area contributed by atoms with Gasteiger partial charge in [-0.2, -0.15) is 0 Å². The molecule has 0 aromatic heterocycles. The largest absolute Gasteiger partial charge is 0.326 e. The Balaban J connectivity index is 1.51. The third-order valence-electron chi connectivity index (χ3n) is 5.05. The van der Waals surface area contributed by atoms with Crippen LogP contribution in [0.1, 0.15) is 56.9 Å². The molecule has 3 nitrogen and oxygen atoms in total. The highest BCUT2D eigenvalue weighted by Gasteiger charge is 2.21. The van der Waals surface area contributed by atoms with Crippen molar-refractivity contribution in [3.63, 3.8) is 0 Å². The third kappa shape index (κ3) is 4.33. The molecule has 0 unspecified atom stereocenters. The summed E-state index contributed by atoms with van der Waals surface area (Å²) in [6.45, 7) is 3.48. The van der Waals surface area contributed by atoms with Gasteiger partial charge in [0.15, 0.2) is 0 Å². The standard InChI is InChI=1S/C19H28N2O/c22-19(17-7-3-1-4-8-17)20-18-11-9-16(10-12-18)15-21-13-5-2-6-14-21/h9-12,17H,1-8,13-15H2,(H,20,22). The van der Waals surface area contributed by atoms with Crippen LogP contribution < -0.4 is 5.32 Å². The molecule has 2 aliphatic rings. The minimum atomic E-state index is 0.212. The van der Waals surface area contributed by atoms with Crippen molar-refractivity contribution in [1.29, 1.82) is 0 Å². The van der Waals surface area contributed by atoms with Crippen LogP contribution in [-0.4, -0.2) is 23.9 Å². The molecule has 1 aromatic rings. The van der Waals surface area contributed by atoms with Gasteiger partial charge in [0.2, 0.25) is 5.91 Å². The zero-order valence-electron chi connectivity index (χ0n) is 13.5. The van der Waals surface area contributed by atoms with Crippen molar-refractivity contribution in [3.05, 3.63) is 29.8 Å². The van der Waals surface area contributed by atoms with E-state index < -0.39 is 0 Å². The normalized spacial score (nSPS) is 20.7.